The van der Waals surface area contributed by atoms with Crippen LogP contribution in [0.1, 0.15) is 5.69 Å². The van der Waals surface area contributed by atoms with Gasteiger partial charge in [-0.25, -0.2) is 4.79 Å². The van der Waals surface area contributed by atoms with E-state index in [1.807, 2.05) is 10.6 Å². The van der Waals surface area contributed by atoms with Crippen LogP contribution in [0.3, 0.4) is 0 Å². The van der Waals surface area contributed by atoms with Gasteiger partial charge in [-0.2, -0.15) is 0 Å². The summed E-state index contributed by atoms with van der Waals surface area (Å²) in [6.07, 6.45) is 3.32. The summed E-state index contributed by atoms with van der Waals surface area (Å²) in [5.41, 5.74) is -0.0692. The zero-order chi connectivity index (χ0) is 18.0. The summed E-state index contributed by atoms with van der Waals surface area (Å²) in [6, 6.07) is 5.04. The molecule has 8 nitrogen and oxygen atoms in total. The molecule has 3 rings (SSSR count). The first-order valence-electron chi connectivity index (χ1n) is 7.49. The molecular weight excluding hydrogens is 342 g/mol. The van der Waals surface area contributed by atoms with Crippen molar-refractivity contribution in [1.29, 1.82) is 0 Å². The predicted molar refractivity (Wildman–Crippen MR) is 94.4 cm³/mol. The summed E-state index contributed by atoms with van der Waals surface area (Å²) in [4.78, 5) is 23.8. The highest BCUT2D eigenvalue weighted by molar-refractivity contribution is 7.98. The van der Waals surface area contributed by atoms with Crippen LogP contribution in [-0.2, 0) is 26.4 Å². The van der Waals surface area contributed by atoms with Crippen LogP contribution < -0.4 is 11.2 Å². The zero-order valence-corrected chi connectivity index (χ0v) is 14.7. The lowest BCUT2D eigenvalue weighted by Crippen LogP contribution is -2.37. The van der Waals surface area contributed by atoms with Crippen molar-refractivity contribution in [2.24, 2.45) is 14.1 Å². The van der Waals surface area contributed by atoms with Crippen molar-refractivity contribution in [2.45, 2.75) is 17.5 Å². The van der Waals surface area contributed by atoms with Crippen LogP contribution in [-0.4, -0.2) is 23.9 Å². The van der Waals surface area contributed by atoms with Gasteiger partial charge in [0.15, 0.2) is 10.9 Å². The Balaban J connectivity index is 1.91. The van der Waals surface area contributed by atoms with Crippen molar-refractivity contribution in [2.75, 3.05) is 0 Å². The van der Waals surface area contributed by atoms with Crippen molar-refractivity contribution in [3.63, 3.8) is 0 Å². The molecule has 0 aromatic carbocycles. The van der Waals surface area contributed by atoms with E-state index in [2.05, 4.69) is 16.8 Å². The Kier molecular flexibility index (Phi) is 4.75. The van der Waals surface area contributed by atoms with Gasteiger partial charge in [-0.3, -0.25) is 18.5 Å². The number of aromatic nitrogens is 5. The molecule has 0 fully saturated rings. The molecule has 130 valence electrons. The number of thioether (sulfide) groups is 1. The van der Waals surface area contributed by atoms with Gasteiger partial charge in [0.2, 0.25) is 5.82 Å². The number of furan rings is 1. The summed E-state index contributed by atoms with van der Waals surface area (Å²) in [6.45, 7) is 4.27. The van der Waals surface area contributed by atoms with Gasteiger partial charge in [0, 0.05) is 38.2 Å². The zero-order valence-electron chi connectivity index (χ0n) is 13.9. The lowest BCUT2D eigenvalue weighted by Gasteiger charge is -2.09. The quantitative estimate of drug-likeness (QED) is 0.488. The van der Waals surface area contributed by atoms with Crippen LogP contribution in [0.4, 0.5) is 0 Å². The molecule has 0 aliphatic rings. The van der Waals surface area contributed by atoms with Crippen LogP contribution in [0.2, 0.25) is 0 Å². The molecule has 0 unspecified atom stereocenters. The molecule has 0 N–H and O–H groups in total. The normalized spacial score (nSPS) is 11.0. The average molecular weight is 359 g/mol. The minimum Gasteiger partial charge on any atom is -0.461 e. The number of hydrogen-bond donors (Lipinski definition) is 0. The first kappa shape index (κ1) is 17.0. The largest absolute Gasteiger partial charge is 0.461 e. The summed E-state index contributed by atoms with van der Waals surface area (Å²) in [7, 11) is 3.10. The van der Waals surface area contributed by atoms with Crippen molar-refractivity contribution in [1.82, 2.24) is 23.9 Å². The molecule has 9 heteroatoms. The lowest BCUT2D eigenvalue weighted by molar-refractivity contribution is 0.569. The second-order valence-corrected chi connectivity index (χ2v) is 6.29. The summed E-state index contributed by atoms with van der Waals surface area (Å²) < 4.78 is 9.79. The number of nitrogens with zero attached hydrogens (tertiary/aromatic N) is 5. The van der Waals surface area contributed by atoms with E-state index in [9.17, 15) is 9.59 Å². The third-order valence-corrected chi connectivity index (χ3v) is 4.74. The number of allylic oxidation sites excluding steroid dienone is 1. The Morgan fingerprint density at radius 1 is 1.28 bits per heavy atom. The fourth-order valence-corrected chi connectivity index (χ4v) is 3.30. The minimum atomic E-state index is -0.355. The van der Waals surface area contributed by atoms with E-state index >= 15 is 0 Å². The highest BCUT2D eigenvalue weighted by atomic mass is 32.2. The molecular formula is C16H17N5O3S. The van der Waals surface area contributed by atoms with Crippen LogP contribution in [0.25, 0.3) is 11.6 Å². The summed E-state index contributed by atoms with van der Waals surface area (Å²) in [5, 5.41) is 9.02. The topological polar surface area (TPSA) is 87.9 Å². The predicted octanol–water partition coefficient (Wildman–Crippen LogP) is 1.41. The number of hydrogen-bond acceptors (Lipinski definition) is 6. The molecule has 0 aliphatic heterocycles. The van der Waals surface area contributed by atoms with Gasteiger partial charge in [-0.05, 0) is 12.1 Å². The lowest BCUT2D eigenvalue weighted by atomic mass is 10.4. The molecule has 0 saturated carbocycles. The Morgan fingerprint density at radius 2 is 2.08 bits per heavy atom. The Labute approximate surface area is 147 Å². The van der Waals surface area contributed by atoms with Crippen molar-refractivity contribution < 1.29 is 4.42 Å². The smallest absolute Gasteiger partial charge is 0.330 e. The van der Waals surface area contributed by atoms with Crippen LogP contribution in [0, 0.1) is 0 Å². The maximum absolute atomic E-state index is 12.0. The van der Waals surface area contributed by atoms with Gasteiger partial charge in [-0.15, -0.1) is 16.8 Å². The highest BCUT2D eigenvalue weighted by Gasteiger charge is 2.16. The van der Waals surface area contributed by atoms with Gasteiger partial charge in [-0.1, -0.05) is 17.8 Å². The van der Waals surface area contributed by atoms with Crippen molar-refractivity contribution >= 4 is 11.8 Å². The van der Waals surface area contributed by atoms with E-state index in [0.29, 0.717) is 34.7 Å². The standard InChI is InChI=1S/C16H17N5O3S/c1-4-7-21-14(12-6-5-8-24-12)17-18-15(21)25-10-11-9-13(22)20(3)16(23)19(11)2/h4-6,8-9H,1,7,10H2,2-3H3. The molecule has 0 bridgehead atoms. The van der Waals surface area contributed by atoms with Crippen LogP contribution in [0.15, 0.2) is 56.3 Å². The molecule has 3 aromatic heterocycles. The number of rotatable bonds is 6. The van der Waals surface area contributed by atoms with Gasteiger partial charge in [0.25, 0.3) is 5.56 Å². The van der Waals surface area contributed by atoms with E-state index in [1.165, 1.54) is 29.4 Å². The van der Waals surface area contributed by atoms with Crippen molar-refractivity contribution in [3.05, 3.63) is 63.6 Å². The Bertz CT molecular complexity index is 1010. The Hall–Kier alpha value is -2.81. The van der Waals surface area contributed by atoms with Crippen molar-refractivity contribution in [3.8, 4) is 11.6 Å². The molecule has 0 aliphatic carbocycles. The molecule has 3 heterocycles. The monoisotopic (exact) mass is 359 g/mol. The minimum absolute atomic E-state index is 0.331. The first-order chi connectivity index (χ1) is 12.0. The van der Waals surface area contributed by atoms with Crippen LogP contribution in [0.5, 0.6) is 0 Å². The molecule has 0 spiro atoms. The van der Waals surface area contributed by atoms with Gasteiger partial charge in [0.1, 0.15) is 0 Å². The molecule has 3 aromatic rings. The van der Waals surface area contributed by atoms with E-state index in [0.717, 1.165) is 4.57 Å². The molecule has 0 amide bonds. The van der Waals surface area contributed by atoms with E-state index < -0.39 is 0 Å². The highest BCUT2D eigenvalue weighted by Crippen LogP contribution is 2.26. The molecule has 0 radical (unpaired) electrons. The third kappa shape index (κ3) is 3.22. The van der Waals surface area contributed by atoms with Crippen LogP contribution >= 0.6 is 11.8 Å². The van der Waals surface area contributed by atoms with E-state index in [1.54, 1.807) is 25.5 Å². The molecule has 0 saturated heterocycles. The fourth-order valence-electron chi connectivity index (χ4n) is 2.33. The van der Waals surface area contributed by atoms with E-state index in [-0.39, 0.29) is 11.2 Å². The SMILES string of the molecule is C=CCn1c(SCc2cc(=O)n(C)c(=O)n2C)nnc1-c1ccco1. The maximum Gasteiger partial charge on any atom is 0.330 e. The first-order valence-corrected chi connectivity index (χ1v) is 8.48. The maximum atomic E-state index is 12.0. The second kappa shape index (κ2) is 6.98. The Morgan fingerprint density at radius 3 is 2.76 bits per heavy atom. The average Bonchev–Trinajstić information content (AvgIpc) is 3.25. The summed E-state index contributed by atoms with van der Waals surface area (Å²) in [5.74, 6) is 1.63. The molecule has 25 heavy (non-hydrogen) atoms. The second-order valence-electron chi connectivity index (χ2n) is 5.35. The van der Waals surface area contributed by atoms with Gasteiger partial charge >= 0.3 is 5.69 Å². The van der Waals surface area contributed by atoms with Gasteiger partial charge < -0.3 is 4.42 Å². The molecule has 0 atom stereocenters. The van der Waals surface area contributed by atoms with Gasteiger partial charge in [0.05, 0.1) is 6.26 Å². The summed E-state index contributed by atoms with van der Waals surface area (Å²) >= 11 is 1.39. The third-order valence-electron chi connectivity index (χ3n) is 3.74. The fraction of sp³-hybridized carbons (Fsp3) is 0.250. The van der Waals surface area contributed by atoms with E-state index in [4.69, 9.17) is 4.42 Å².